The van der Waals surface area contributed by atoms with Gasteiger partial charge in [0.15, 0.2) is 4.32 Å². The lowest BCUT2D eigenvalue weighted by Crippen LogP contribution is -2.33. The summed E-state index contributed by atoms with van der Waals surface area (Å²) in [5.74, 6) is 0.586. The molecule has 0 unspecified atom stereocenters. The van der Waals surface area contributed by atoms with Crippen molar-refractivity contribution in [3.8, 4) is 5.75 Å². The molecule has 23 heavy (non-hydrogen) atoms. The van der Waals surface area contributed by atoms with E-state index in [1.165, 1.54) is 16.8 Å². The summed E-state index contributed by atoms with van der Waals surface area (Å²) in [5.41, 5.74) is 4.74. The molecule has 4 nitrogen and oxygen atoms in total. The molecule has 1 saturated heterocycles. The average molecular weight is 342 g/mol. The van der Waals surface area contributed by atoms with Gasteiger partial charge >= 0.3 is 0 Å². The highest BCUT2D eigenvalue weighted by molar-refractivity contribution is 8.26. The summed E-state index contributed by atoms with van der Waals surface area (Å²) in [7, 11) is 1.61. The van der Waals surface area contributed by atoms with Gasteiger partial charge in [0.25, 0.3) is 5.91 Å². The summed E-state index contributed by atoms with van der Waals surface area (Å²) in [6, 6.07) is 17.0. The summed E-state index contributed by atoms with van der Waals surface area (Å²) in [6.45, 7) is 0. The monoisotopic (exact) mass is 342 g/mol. The van der Waals surface area contributed by atoms with Gasteiger partial charge in [-0.15, -0.1) is 0 Å². The van der Waals surface area contributed by atoms with Crippen LogP contribution in [0, 0.1) is 0 Å². The first kappa shape index (κ1) is 15.6. The Morgan fingerprint density at radius 1 is 1.17 bits per heavy atom. The number of nitrogens with zero attached hydrogens (tertiary/aromatic N) is 1. The number of anilines is 1. The molecule has 1 N–H and O–H groups in total. The first-order chi connectivity index (χ1) is 11.2. The molecule has 0 radical (unpaired) electrons. The van der Waals surface area contributed by atoms with Gasteiger partial charge in [-0.25, -0.2) is 5.01 Å². The molecule has 0 saturated carbocycles. The van der Waals surface area contributed by atoms with E-state index in [1.807, 2.05) is 60.7 Å². The van der Waals surface area contributed by atoms with Crippen molar-refractivity contribution >= 4 is 46.0 Å². The number of para-hydroxylation sites is 1. The second kappa shape index (κ2) is 6.85. The van der Waals surface area contributed by atoms with Crippen molar-refractivity contribution in [1.29, 1.82) is 0 Å². The van der Waals surface area contributed by atoms with Crippen molar-refractivity contribution in [3.63, 3.8) is 0 Å². The third-order valence-electron chi connectivity index (χ3n) is 3.20. The van der Waals surface area contributed by atoms with Gasteiger partial charge in [-0.1, -0.05) is 42.1 Å². The summed E-state index contributed by atoms with van der Waals surface area (Å²) in [4.78, 5) is 13.1. The zero-order valence-corrected chi connectivity index (χ0v) is 14.0. The first-order valence-corrected chi connectivity index (χ1v) is 8.13. The number of benzene rings is 2. The van der Waals surface area contributed by atoms with Crippen LogP contribution in [0.1, 0.15) is 5.56 Å². The minimum absolute atomic E-state index is 0.160. The standard InChI is InChI=1S/C17H14N2O2S2/c1-21-14-9-5-6-12(10-14)11-15-16(20)19(17(22)23-15)18-13-7-3-2-4-8-13/h2-11,18H,1H3/b15-11+. The molecule has 3 rings (SSSR count). The van der Waals surface area contributed by atoms with Crippen LogP contribution in [0.15, 0.2) is 59.5 Å². The zero-order chi connectivity index (χ0) is 16.2. The predicted molar refractivity (Wildman–Crippen MR) is 98.1 cm³/mol. The molecule has 0 bridgehead atoms. The number of rotatable bonds is 4. The van der Waals surface area contributed by atoms with E-state index >= 15 is 0 Å². The largest absolute Gasteiger partial charge is 0.497 e. The van der Waals surface area contributed by atoms with Crippen molar-refractivity contribution in [3.05, 3.63) is 65.1 Å². The maximum atomic E-state index is 12.5. The summed E-state index contributed by atoms with van der Waals surface area (Å²) in [6.07, 6.45) is 1.81. The molecule has 2 aromatic rings. The van der Waals surface area contributed by atoms with Gasteiger partial charge in [0, 0.05) is 0 Å². The number of carbonyl (C=O) groups is 1. The molecule has 1 heterocycles. The lowest BCUT2D eigenvalue weighted by Gasteiger charge is -2.16. The highest BCUT2D eigenvalue weighted by atomic mass is 32.2. The van der Waals surface area contributed by atoms with Crippen LogP contribution in [0.25, 0.3) is 6.08 Å². The second-order valence-electron chi connectivity index (χ2n) is 4.77. The van der Waals surface area contributed by atoms with Crippen molar-refractivity contribution < 1.29 is 9.53 Å². The van der Waals surface area contributed by atoms with Crippen molar-refractivity contribution in [1.82, 2.24) is 5.01 Å². The van der Waals surface area contributed by atoms with Crippen molar-refractivity contribution in [2.75, 3.05) is 12.5 Å². The lowest BCUT2D eigenvalue weighted by molar-refractivity contribution is -0.121. The molecule has 6 heteroatoms. The zero-order valence-electron chi connectivity index (χ0n) is 12.4. The van der Waals surface area contributed by atoms with Crippen LogP contribution in [-0.4, -0.2) is 22.3 Å². The maximum Gasteiger partial charge on any atom is 0.285 e. The van der Waals surface area contributed by atoms with E-state index in [1.54, 1.807) is 7.11 Å². The number of amides is 1. The Hall–Kier alpha value is -2.31. The molecule has 1 aliphatic rings. The second-order valence-corrected chi connectivity index (χ2v) is 6.45. The molecule has 0 aliphatic carbocycles. The average Bonchev–Trinajstić information content (AvgIpc) is 2.83. The van der Waals surface area contributed by atoms with Crippen molar-refractivity contribution in [2.24, 2.45) is 0 Å². The molecular formula is C17H14N2O2S2. The number of methoxy groups -OCH3 is 1. The number of ether oxygens (including phenoxy) is 1. The predicted octanol–water partition coefficient (Wildman–Crippen LogP) is 3.92. The van der Waals surface area contributed by atoms with Crippen LogP contribution >= 0.6 is 24.0 Å². The number of hydrogen-bond acceptors (Lipinski definition) is 5. The van der Waals surface area contributed by atoms with E-state index in [2.05, 4.69) is 5.43 Å². The third kappa shape index (κ3) is 3.55. The van der Waals surface area contributed by atoms with E-state index in [0.717, 1.165) is 17.0 Å². The number of thiocarbonyl (C=S) groups is 1. The van der Waals surface area contributed by atoms with Gasteiger partial charge in [-0.3, -0.25) is 10.2 Å². The van der Waals surface area contributed by atoms with Crippen LogP contribution in [0.4, 0.5) is 5.69 Å². The number of hydrazine groups is 1. The Balaban J connectivity index is 1.81. The molecule has 2 aromatic carbocycles. The van der Waals surface area contributed by atoms with E-state index in [0.29, 0.717) is 9.23 Å². The fourth-order valence-electron chi connectivity index (χ4n) is 2.09. The molecule has 0 aromatic heterocycles. The fourth-order valence-corrected chi connectivity index (χ4v) is 3.27. The van der Waals surface area contributed by atoms with E-state index in [4.69, 9.17) is 17.0 Å². The quantitative estimate of drug-likeness (QED) is 0.674. The summed E-state index contributed by atoms with van der Waals surface area (Å²) >= 11 is 6.57. The van der Waals surface area contributed by atoms with E-state index in [-0.39, 0.29) is 5.91 Å². The molecule has 1 aliphatic heterocycles. The van der Waals surface area contributed by atoms with Gasteiger partial charge in [-0.05, 0) is 48.1 Å². The Labute approximate surface area is 144 Å². The molecular weight excluding hydrogens is 328 g/mol. The smallest absolute Gasteiger partial charge is 0.285 e. The molecule has 0 atom stereocenters. The molecule has 0 spiro atoms. The van der Waals surface area contributed by atoms with Crippen LogP contribution in [0.5, 0.6) is 5.75 Å². The summed E-state index contributed by atoms with van der Waals surface area (Å²) < 4.78 is 5.68. The molecule has 1 fully saturated rings. The maximum absolute atomic E-state index is 12.5. The highest BCUT2D eigenvalue weighted by Crippen LogP contribution is 2.33. The normalized spacial score (nSPS) is 16.0. The van der Waals surface area contributed by atoms with E-state index < -0.39 is 0 Å². The Kier molecular flexibility index (Phi) is 4.64. The number of hydrogen-bond donors (Lipinski definition) is 1. The number of nitrogens with one attached hydrogen (secondary N) is 1. The van der Waals surface area contributed by atoms with Gasteiger partial charge < -0.3 is 4.74 Å². The van der Waals surface area contributed by atoms with E-state index in [9.17, 15) is 4.79 Å². The fraction of sp³-hybridized carbons (Fsp3) is 0.0588. The van der Waals surface area contributed by atoms with Gasteiger partial charge in [-0.2, -0.15) is 0 Å². The number of carbonyl (C=O) groups excluding carboxylic acids is 1. The molecule has 116 valence electrons. The first-order valence-electron chi connectivity index (χ1n) is 6.91. The topological polar surface area (TPSA) is 41.6 Å². The Bertz CT molecular complexity index is 775. The SMILES string of the molecule is COc1cccc(/C=C2/SC(=S)N(Nc3ccccc3)C2=O)c1. The van der Waals surface area contributed by atoms with Crippen LogP contribution in [0.3, 0.4) is 0 Å². The van der Waals surface area contributed by atoms with Gasteiger partial charge in [0.2, 0.25) is 0 Å². The van der Waals surface area contributed by atoms with Gasteiger partial charge in [0.1, 0.15) is 5.75 Å². The highest BCUT2D eigenvalue weighted by Gasteiger charge is 2.32. The Morgan fingerprint density at radius 2 is 1.96 bits per heavy atom. The van der Waals surface area contributed by atoms with Crippen LogP contribution in [0.2, 0.25) is 0 Å². The van der Waals surface area contributed by atoms with Crippen molar-refractivity contribution in [2.45, 2.75) is 0 Å². The minimum atomic E-state index is -0.160. The summed E-state index contributed by atoms with van der Waals surface area (Å²) in [5, 5.41) is 1.39. The third-order valence-corrected chi connectivity index (χ3v) is 4.50. The van der Waals surface area contributed by atoms with Crippen LogP contribution in [-0.2, 0) is 4.79 Å². The lowest BCUT2D eigenvalue weighted by atomic mass is 10.2. The Morgan fingerprint density at radius 3 is 2.70 bits per heavy atom. The van der Waals surface area contributed by atoms with Crippen LogP contribution < -0.4 is 10.2 Å². The van der Waals surface area contributed by atoms with Gasteiger partial charge in [0.05, 0.1) is 17.7 Å². The minimum Gasteiger partial charge on any atom is -0.497 e. The molecule has 1 amide bonds. The number of thioether (sulfide) groups is 1.